The van der Waals surface area contributed by atoms with Gasteiger partial charge in [-0.2, -0.15) is 0 Å². The number of imidazole rings is 1. The van der Waals surface area contributed by atoms with Crippen LogP contribution in [0.4, 0.5) is 0 Å². The van der Waals surface area contributed by atoms with Gasteiger partial charge in [-0.1, -0.05) is 13.8 Å². The lowest BCUT2D eigenvalue weighted by molar-refractivity contribution is 0.944. The highest BCUT2D eigenvalue weighted by Crippen LogP contribution is 2.09. The second kappa shape index (κ2) is 4.03. The third-order valence-corrected chi connectivity index (χ3v) is 1.75. The highest BCUT2D eigenvalue weighted by molar-refractivity contribution is 5.74. The fourth-order valence-corrected chi connectivity index (χ4v) is 1.12. The predicted molar refractivity (Wildman–Crippen MR) is 54.6 cm³/mol. The number of hydrogen-bond acceptors (Lipinski definition) is 2. The van der Waals surface area contributed by atoms with E-state index in [2.05, 4.69) is 9.97 Å². The molecule has 0 saturated heterocycles. The molecule has 0 fully saturated rings. The van der Waals surface area contributed by atoms with Crippen molar-refractivity contribution in [2.45, 2.75) is 20.8 Å². The molecule has 2 rings (SSSR count). The van der Waals surface area contributed by atoms with Crippen LogP contribution in [0.25, 0.3) is 11.0 Å². The zero-order valence-corrected chi connectivity index (χ0v) is 8.57. The predicted octanol–water partition coefficient (Wildman–Crippen LogP) is 2.30. The van der Waals surface area contributed by atoms with Gasteiger partial charge >= 0.3 is 0 Å². The Morgan fingerprint density at radius 3 is 2.62 bits per heavy atom. The van der Waals surface area contributed by atoms with Crippen molar-refractivity contribution >= 4 is 11.0 Å². The van der Waals surface area contributed by atoms with Crippen molar-refractivity contribution in [3.8, 4) is 0 Å². The van der Waals surface area contributed by atoms with E-state index in [1.54, 1.807) is 6.33 Å². The van der Waals surface area contributed by atoms with Gasteiger partial charge in [0.1, 0.15) is 0 Å². The number of fused-ring (bicyclic) bond motifs is 1. The van der Waals surface area contributed by atoms with Crippen molar-refractivity contribution in [1.82, 2.24) is 14.5 Å². The van der Waals surface area contributed by atoms with Gasteiger partial charge in [-0.25, -0.2) is 4.98 Å². The molecule has 13 heavy (non-hydrogen) atoms. The van der Waals surface area contributed by atoms with Crippen LogP contribution in [0.3, 0.4) is 0 Å². The van der Waals surface area contributed by atoms with E-state index < -0.39 is 0 Å². The lowest BCUT2D eigenvalue weighted by Crippen LogP contribution is -1.85. The van der Waals surface area contributed by atoms with Crippen LogP contribution in [-0.4, -0.2) is 14.5 Å². The molecule has 0 aliphatic carbocycles. The van der Waals surface area contributed by atoms with Gasteiger partial charge in [0.25, 0.3) is 0 Å². The van der Waals surface area contributed by atoms with Crippen LogP contribution in [0, 0.1) is 6.92 Å². The van der Waals surface area contributed by atoms with E-state index in [-0.39, 0.29) is 0 Å². The molecule has 0 saturated carbocycles. The SMILES string of the molecule is CC.Cc1cc2ncn(C)c2cn1. The van der Waals surface area contributed by atoms with Gasteiger partial charge in [0.15, 0.2) is 0 Å². The van der Waals surface area contributed by atoms with E-state index >= 15 is 0 Å². The van der Waals surface area contributed by atoms with E-state index in [4.69, 9.17) is 0 Å². The van der Waals surface area contributed by atoms with E-state index in [1.807, 2.05) is 44.6 Å². The Balaban J connectivity index is 0.000000396. The zero-order valence-electron chi connectivity index (χ0n) is 8.57. The van der Waals surface area contributed by atoms with Gasteiger partial charge in [-0.3, -0.25) is 4.98 Å². The van der Waals surface area contributed by atoms with Crippen molar-refractivity contribution in [3.05, 3.63) is 24.3 Å². The summed E-state index contributed by atoms with van der Waals surface area (Å²) in [5.74, 6) is 0. The van der Waals surface area contributed by atoms with Crippen molar-refractivity contribution in [2.75, 3.05) is 0 Å². The summed E-state index contributed by atoms with van der Waals surface area (Å²) in [5.41, 5.74) is 3.10. The minimum atomic E-state index is 1.01. The molecule has 0 N–H and O–H groups in total. The van der Waals surface area contributed by atoms with Crippen LogP contribution >= 0.6 is 0 Å². The Hall–Kier alpha value is -1.38. The largest absolute Gasteiger partial charge is 0.332 e. The first-order valence-corrected chi connectivity index (χ1v) is 4.51. The molecule has 0 atom stereocenters. The summed E-state index contributed by atoms with van der Waals surface area (Å²) in [7, 11) is 1.96. The highest BCUT2D eigenvalue weighted by Gasteiger charge is 1.98. The van der Waals surface area contributed by atoms with Crippen molar-refractivity contribution in [1.29, 1.82) is 0 Å². The molecule has 70 valence electrons. The Labute approximate surface area is 78.4 Å². The first-order valence-electron chi connectivity index (χ1n) is 4.51. The smallest absolute Gasteiger partial charge is 0.0956 e. The summed E-state index contributed by atoms with van der Waals surface area (Å²) in [6, 6.07) is 1.98. The second-order valence-electron chi connectivity index (χ2n) is 2.67. The number of aromatic nitrogens is 3. The molecule has 2 heterocycles. The average molecular weight is 177 g/mol. The molecule has 0 spiro atoms. The third kappa shape index (κ3) is 1.86. The molecule has 3 nitrogen and oxygen atoms in total. The molecule has 0 unspecified atom stereocenters. The molecule has 0 radical (unpaired) electrons. The summed E-state index contributed by atoms with van der Waals surface area (Å²) in [6.45, 7) is 5.97. The third-order valence-electron chi connectivity index (χ3n) is 1.75. The molecule has 0 aliphatic rings. The minimum absolute atomic E-state index is 1.01. The lowest BCUT2D eigenvalue weighted by atomic mass is 10.3. The number of aryl methyl sites for hydroxylation is 2. The summed E-state index contributed by atoms with van der Waals surface area (Å²) < 4.78 is 1.96. The van der Waals surface area contributed by atoms with E-state index in [9.17, 15) is 0 Å². The Kier molecular flexibility index (Phi) is 3.01. The van der Waals surface area contributed by atoms with Crippen molar-refractivity contribution in [3.63, 3.8) is 0 Å². The zero-order chi connectivity index (χ0) is 9.84. The fourth-order valence-electron chi connectivity index (χ4n) is 1.12. The molecule has 0 aliphatic heterocycles. The number of hydrogen-bond donors (Lipinski definition) is 0. The maximum absolute atomic E-state index is 4.20. The van der Waals surface area contributed by atoms with Gasteiger partial charge in [0.2, 0.25) is 0 Å². The Morgan fingerprint density at radius 1 is 1.23 bits per heavy atom. The molecule has 0 amide bonds. The highest BCUT2D eigenvalue weighted by atomic mass is 15.0. The monoisotopic (exact) mass is 177 g/mol. The Morgan fingerprint density at radius 2 is 1.92 bits per heavy atom. The van der Waals surface area contributed by atoms with Gasteiger partial charge < -0.3 is 4.57 Å². The van der Waals surface area contributed by atoms with Gasteiger partial charge in [-0.15, -0.1) is 0 Å². The molecule has 0 bridgehead atoms. The quantitative estimate of drug-likeness (QED) is 0.618. The van der Waals surface area contributed by atoms with Crippen LogP contribution in [0.5, 0.6) is 0 Å². The number of nitrogens with zero attached hydrogens (tertiary/aromatic N) is 3. The van der Waals surface area contributed by atoms with Crippen LogP contribution in [-0.2, 0) is 7.05 Å². The van der Waals surface area contributed by atoms with Gasteiger partial charge in [0, 0.05) is 12.7 Å². The van der Waals surface area contributed by atoms with Crippen LogP contribution < -0.4 is 0 Å². The first kappa shape index (κ1) is 9.71. The molecular formula is C10H15N3. The number of rotatable bonds is 0. The average Bonchev–Trinajstić information content (AvgIpc) is 2.51. The van der Waals surface area contributed by atoms with E-state index in [0.717, 1.165) is 16.7 Å². The van der Waals surface area contributed by atoms with Crippen LogP contribution in [0.15, 0.2) is 18.6 Å². The topological polar surface area (TPSA) is 30.7 Å². The maximum atomic E-state index is 4.20. The minimum Gasteiger partial charge on any atom is -0.332 e. The standard InChI is InChI=1S/C8H9N3.C2H6/c1-6-3-7-8(4-9-6)11(2)5-10-7;1-2/h3-5H,1-2H3;1-2H3. The fraction of sp³-hybridized carbons (Fsp3) is 0.400. The molecule has 2 aromatic rings. The molecule has 2 aromatic heterocycles. The first-order chi connectivity index (χ1) is 6.27. The summed E-state index contributed by atoms with van der Waals surface area (Å²) in [6.07, 6.45) is 3.64. The molecular weight excluding hydrogens is 162 g/mol. The van der Waals surface area contributed by atoms with Crippen molar-refractivity contribution < 1.29 is 0 Å². The van der Waals surface area contributed by atoms with Crippen LogP contribution in [0.1, 0.15) is 19.5 Å². The maximum Gasteiger partial charge on any atom is 0.0956 e. The number of pyridine rings is 1. The summed E-state index contributed by atoms with van der Waals surface area (Å²) in [4.78, 5) is 8.38. The van der Waals surface area contributed by atoms with Gasteiger partial charge in [0.05, 0.1) is 23.6 Å². The summed E-state index contributed by atoms with van der Waals surface area (Å²) in [5, 5.41) is 0. The van der Waals surface area contributed by atoms with E-state index in [0.29, 0.717) is 0 Å². The lowest BCUT2D eigenvalue weighted by Gasteiger charge is -1.93. The normalized spacial score (nSPS) is 9.54. The molecule has 3 heteroatoms. The van der Waals surface area contributed by atoms with Crippen LogP contribution in [0.2, 0.25) is 0 Å². The molecule has 0 aromatic carbocycles. The second-order valence-corrected chi connectivity index (χ2v) is 2.67. The summed E-state index contributed by atoms with van der Waals surface area (Å²) >= 11 is 0. The van der Waals surface area contributed by atoms with E-state index in [1.165, 1.54) is 0 Å². The van der Waals surface area contributed by atoms with Crippen molar-refractivity contribution in [2.24, 2.45) is 7.05 Å². The van der Waals surface area contributed by atoms with Gasteiger partial charge in [-0.05, 0) is 13.0 Å². The Bertz CT molecular complexity index is 390.